The molecule has 1 aromatic carbocycles. The first-order valence-electron chi connectivity index (χ1n) is 7.88. The van der Waals surface area contributed by atoms with E-state index in [2.05, 4.69) is 29.3 Å². The number of benzene rings is 1. The van der Waals surface area contributed by atoms with Gasteiger partial charge >= 0.3 is 5.91 Å². The Hall–Kier alpha value is -3.02. The molecule has 3 rings (SSSR count). The molecule has 0 unspecified atom stereocenters. The standard InChI is InChI=1S/C18H19N3O3/c1-3-21(4-2)17-10-9-14(23-17)12-19-20-18(22)16-11-13-7-5-6-8-15(13)24-16/h5-12H,3-4H2,1-2H3,(H,20,22)/b19-12+. The lowest BCUT2D eigenvalue weighted by Crippen LogP contribution is -2.20. The molecule has 0 saturated heterocycles. The van der Waals surface area contributed by atoms with Crippen LogP contribution in [-0.2, 0) is 0 Å². The third-order valence-corrected chi connectivity index (χ3v) is 3.69. The van der Waals surface area contributed by atoms with E-state index in [-0.39, 0.29) is 5.76 Å². The van der Waals surface area contributed by atoms with E-state index in [0.717, 1.165) is 24.4 Å². The minimum Gasteiger partial charge on any atom is -0.451 e. The predicted molar refractivity (Wildman–Crippen MR) is 93.5 cm³/mol. The average molecular weight is 325 g/mol. The van der Waals surface area contributed by atoms with E-state index in [0.29, 0.717) is 11.3 Å². The fourth-order valence-corrected chi connectivity index (χ4v) is 2.42. The van der Waals surface area contributed by atoms with Crippen molar-refractivity contribution in [3.8, 4) is 0 Å². The molecule has 1 N–H and O–H groups in total. The molecule has 0 aliphatic heterocycles. The molecule has 6 heteroatoms. The van der Waals surface area contributed by atoms with Gasteiger partial charge in [0.1, 0.15) is 11.3 Å². The summed E-state index contributed by atoms with van der Waals surface area (Å²) in [5, 5.41) is 4.79. The highest BCUT2D eigenvalue weighted by Crippen LogP contribution is 2.19. The lowest BCUT2D eigenvalue weighted by atomic mass is 10.2. The number of nitrogens with one attached hydrogen (secondary N) is 1. The zero-order valence-corrected chi connectivity index (χ0v) is 13.7. The number of rotatable bonds is 6. The van der Waals surface area contributed by atoms with Gasteiger partial charge in [-0.15, -0.1) is 0 Å². The first-order valence-corrected chi connectivity index (χ1v) is 7.88. The molecule has 0 fully saturated rings. The number of hydrogen-bond acceptors (Lipinski definition) is 5. The van der Waals surface area contributed by atoms with Crippen LogP contribution in [0.1, 0.15) is 30.2 Å². The Morgan fingerprint density at radius 3 is 2.71 bits per heavy atom. The van der Waals surface area contributed by atoms with Crippen LogP contribution in [0, 0.1) is 0 Å². The van der Waals surface area contributed by atoms with Gasteiger partial charge in [-0.1, -0.05) is 18.2 Å². The summed E-state index contributed by atoms with van der Waals surface area (Å²) in [5.74, 6) is 1.17. The Kier molecular flexibility index (Phi) is 4.65. The number of carbonyl (C=O) groups excluding carboxylic acids is 1. The molecule has 0 saturated carbocycles. The van der Waals surface area contributed by atoms with Gasteiger partial charge in [-0.3, -0.25) is 4.79 Å². The number of anilines is 1. The van der Waals surface area contributed by atoms with Crippen LogP contribution in [0.4, 0.5) is 5.88 Å². The highest BCUT2D eigenvalue weighted by Gasteiger charge is 2.11. The van der Waals surface area contributed by atoms with Crippen molar-refractivity contribution in [2.75, 3.05) is 18.0 Å². The molecular weight excluding hydrogens is 306 g/mol. The third-order valence-electron chi connectivity index (χ3n) is 3.69. The van der Waals surface area contributed by atoms with Crippen molar-refractivity contribution in [3.05, 3.63) is 54.0 Å². The van der Waals surface area contributed by atoms with Gasteiger partial charge in [-0.25, -0.2) is 5.43 Å². The van der Waals surface area contributed by atoms with Crippen molar-refractivity contribution >= 4 is 29.0 Å². The maximum absolute atomic E-state index is 12.1. The summed E-state index contributed by atoms with van der Waals surface area (Å²) in [6.45, 7) is 5.85. The molecule has 124 valence electrons. The van der Waals surface area contributed by atoms with Crippen LogP contribution in [-0.4, -0.2) is 25.2 Å². The second-order valence-electron chi connectivity index (χ2n) is 5.20. The van der Waals surface area contributed by atoms with Crippen molar-refractivity contribution in [1.29, 1.82) is 0 Å². The Bertz CT molecular complexity index is 826. The second-order valence-corrected chi connectivity index (χ2v) is 5.20. The van der Waals surface area contributed by atoms with Gasteiger partial charge in [0.2, 0.25) is 0 Å². The van der Waals surface area contributed by atoms with E-state index in [4.69, 9.17) is 8.83 Å². The summed E-state index contributed by atoms with van der Waals surface area (Å²) >= 11 is 0. The van der Waals surface area contributed by atoms with Crippen LogP contribution < -0.4 is 10.3 Å². The normalized spacial score (nSPS) is 11.2. The molecule has 0 atom stereocenters. The maximum Gasteiger partial charge on any atom is 0.307 e. The topological polar surface area (TPSA) is 71.0 Å². The van der Waals surface area contributed by atoms with Crippen LogP contribution in [0.5, 0.6) is 0 Å². The van der Waals surface area contributed by atoms with Gasteiger partial charge < -0.3 is 13.7 Å². The van der Waals surface area contributed by atoms with E-state index in [9.17, 15) is 4.79 Å². The predicted octanol–water partition coefficient (Wildman–Crippen LogP) is 3.64. The zero-order valence-electron chi connectivity index (χ0n) is 13.7. The van der Waals surface area contributed by atoms with E-state index in [1.54, 1.807) is 6.07 Å². The maximum atomic E-state index is 12.1. The lowest BCUT2D eigenvalue weighted by molar-refractivity contribution is 0.0929. The SMILES string of the molecule is CCN(CC)c1ccc(/C=N/NC(=O)c2cc3ccccc3o2)o1. The second kappa shape index (κ2) is 7.04. The summed E-state index contributed by atoms with van der Waals surface area (Å²) in [6.07, 6.45) is 1.47. The van der Waals surface area contributed by atoms with E-state index < -0.39 is 5.91 Å². The van der Waals surface area contributed by atoms with Crippen LogP contribution in [0.25, 0.3) is 11.0 Å². The van der Waals surface area contributed by atoms with Gasteiger partial charge in [0, 0.05) is 24.5 Å². The summed E-state index contributed by atoms with van der Waals surface area (Å²) in [6, 6.07) is 12.8. The smallest absolute Gasteiger partial charge is 0.307 e. The number of hydrogen-bond donors (Lipinski definition) is 1. The number of hydrazone groups is 1. The van der Waals surface area contributed by atoms with Crippen molar-refractivity contribution < 1.29 is 13.6 Å². The van der Waals surface area contributed by atoms with E-state index >= 15 is 0 Å². The lowest BCUT2D eigenvalue weighted by Gasteiger charge is -2.16. The van der Waals surface area contributed by atoms with Gasteiger partial charge in [0.25, 0.3) is 0 Å². The van der Waals surface area contributed by atoms with Gasteiger partial charge in [-0.2, -0.15) is 5.10 Å². The fraction of sp³-hybridized carbons (Fsp3) is 0.222. The van der Waals surface area contributed by atoms with Crippen LogP contribution >= 0.6 is 0 Å². The Balaban J connectivity index is 1.64. The summed E-state index contributed by atoms with van der Waals surface area (Å²) in [5.41, 5.74) is 3.11. The van der Waals surface area contributed by atoms with Gasteiger partial charge in [0.15, 0.2) is 11.6 Å². The third kappa shape index (κ3) is 3.32. The van der Waals surface area contributed by atoms with E-state index in [1.165, 1.54) is 6.21 Å². The molecular formula is C18H19N3O3. The van der Waals surface area contributed by atoms with Gasteiger partial charge in [-0.05, 0) is 32.0 Å². The summed E-state index contributed by atoms with van der Waals surface area (Å²) in [7, 11) is 0. The van der Waals surface area contributed by atoms with Crippen molar-refractivity contribution in [2.45, 2.75) is 13.8 Å². The Morgan fingerprint density at radius 1 is 1.17 bits per heavy atom. The highest BCUT2D eigenvalue weighted by atomic mass is 16.4. The largest absolute Gasteiger partial charge is 0.451 e. The molecule has 2 aromatic heterocycles. The Labute approximate surface area is 139 Å². The first kappa shape index (κ1) is 15.9. The minimum absolute atomic E-state index is 0.219. The molecule has 0 aliphatic carbocycles. The molecule has 1 amide bonds. The number of fused-ring (bicyclic) bond motifs is 1. The molecule has 0 spiro atoms. The number of carbonyl (C=O) groups is 1. The van der Waals surface area contributed by atoms with E-state index in [1.807, 2.05) is 36.4 Å². The summed E-state index contributed by atoms with van der Waals surface area (Å²) < 4.78 is 11.1. The molecule has 0 bridgehead atoms. The van der Waals surface area contributed by atoms with Crippen molar-refractivity contribution in [3.63, 3.8) is 0 Å². The molecule has 2 heterocycles. The number of para-hydroxylation sites is 1. The molecule has 0 radical (unpaired) electrons. The number of furan rings is 2. The fourth-order valence-electron chi connectivity index (χ4n) is 2.42. The number of amides is 1. The molecule has 0 aliphatic rings. The monoisotopic (exact) mass is 325 g/mol. The van der Waals surface area contributed by atoms with Crippen LogP contribution in [0.3, 0.4) is 0 Å². The molecule has 3 aromatic rings. The zero-order chi connectivity index (χ0) is 16.9. The highest BCUT2D eigenvalue weighted by molar-refractivity contribution is 5.96. The molecule has 24 heavy (non-hydrogen) atoms. The Morgan fingerprint density at radius 2 is 1.96 bits per heavy atom. The van der Waals surface area contributed by atoms with Crippen molar-refractivity contribution in [2.24, 2.45) is 5.10 Å². The van der Waals surface area contributed by atoms with Crippen LogP contribution in [0.2, 0.25) is 0 Å². The van der Waals surface area contributed by atoms with Crippen LogP contribution in [0.15, 0.2) is 56.4 Å². The quantitative estimate of drug-likeness (QED) is 0.555. The van der Waals surface area contributed by atoms with Gasteiger partial charge in [0.05, 0.1) is 6.21 Å². The average Bonchev–Trinajstić information content (AvgIpc) is 3.23. The minimum atomic E-state index is -0.405. The number of nitrogens with zero attached hydrogens (tertiary/aromatic N) is 2. The molecule has 6 nitrogen and oxygen atoms in total. The summed E-state index contributed by atoms with van der Waals surface area (Å²) in [4.78, 5) is 14.1. The first-order chi connectivity index (χ1) is 11.7. The van der Waals surface area contributed by atoms with Crippen molar-refractivity contribution in [1.82, 2.24) is 5.43 Å².